The van der Waals surface area contributed by atoms with Gasteiger partial charge in [-0.25, -0.2) is 4.98 Å². The van der Waals surface area contributed by atoms with E-state index in [9.17, 15) is 0 Å². The summed E-state index contributed by atoms with van der Waals surface area (Å²) in [7, 11) is 0. The van der Waals surface area contributed by atoms with Crippen LogP contribution in [0.25, 0.3) is 17.1 Å². The Morgan fingerprint density at radius 3 is 3.00 bits per heavy atom. The van der Waals surface area contributed by atoms with Crippen LogP contribution in [-0.2, 0) is 0 Å². The van der Waals surface area contributed by atoms with Gasteiger partial charge in [0.2, 0.25) is 0 Å². The summed E-state index contributed by atoms with van der Waals surface area (Å²) in [5.41, 5.74) is 3.30. The van der Waals surface area contributed by atoms with Gasteiger partial charge in [0.15, 0.2) is 0 Å². The lowest BCUT2D eigenvalue weighted by atomic mass is 10.2. The summed E-state index contributed by atoms with van der Waals surface area (Å²) < 4.78 is 0. The Bertz CT molecular complexity index is 529. The Balaban J connectivity index is 2.74. The minimum absolute atomic E-state index is 0.786. The number of hydrogen-bond donors (Lipinski definition) is 0. The average Bonchev–Trinajstić information content (AvgIpc) is 2.28. The van der Waals surface area contributed by atoms with Crippen molar-refractivity contribution in [1.29, 1.82) is 0 Å². The predicted octanol–water partition coefficient (Wildman–Crippen LogP) is 3.00. The predicted molar refractivity (Wildman–Crippen MR) is 63.5 cm³/mol. The molecule has 0 spiro atoms. The van der Waals surface area contributed by atoms with Crippen LogP contribution >= 0.6 is 0 Å². The zero-order chi connectivity index (χ0) is 10.7. The quantitative estimate of drug-likeness (QED) is 0.694. The SMILES string of the molecule is C=Cc1nc2cccnc2cc1N=CC. The van der Waals surface area contributed by atoms with E-state index in [4.69, 9.17) is 0 Å². The molecule has 2 aromatic heterocycles. The van der Waals surface area contributed by atoms with E-state index < -0.39 is 0 Å². The maximum atomic E-state index is 4.42. The summed E-state index contributed by atoms with van der Waals surface area (Å²) in [5.74, 6) is 0. The van der Waals surface area contributed by atoms with Crippen LogP contribution in [0.1, 0.15) is 12.6 Å². The Hall–Kier alpha value is -2.03. The first-order valence-electron chi connectivity index (χ1n) is 4.72. The van der Waals surface area contributed by atoms with Crippen molar-refractivity contribution in [3.05, 3.63) is 36.7 Å². The van der Waals surface area contributed by atoms with Crippen molar-refractivity contribution in [3.63, 3.8) is 0 Å². The summed E-state index contributed by atoms with van der Waals surface area (Å²) in [5, 5.41) is 0. The lowest BCUT2D eigenvalue weighted by molar-refractivity contribution is 1.30. The van der Waals surface area contributed by atoms with E-state index in [0.717, 1.165) is 22.4 Å². The highest BCUT2D eigenvalue weighted by Gasteiger charge is 2.02. The second-order valence-corrected chi connectivity index (χ2v) is 3.03. The second kappa shape index (κ2) is 4.00. The molecule has 0 aliphatic carbocycles. The maximum absolute atomic E-state index is 4.42. The summed E-state index contributed by atoms with van der Waals surface area (Å²) in [4.78, 5) is 12.9. The number of hydrogen-bond acceptors (Lipinski definition) is 3. The number of aromatic nitrogens is 2. The van der Waals surface area contributed by atoms with Crippen LogP contribution in [0.5, 0.6) is 0 Å². The van der Waals surface area contributed by atoms with Crippen molar-refractivity contribution in [1.82, 2.24) is 9.97 Å². The number of rotatable bonds is 2. The summed E-state index contributed by atoms with van der Waals surface area (Å²) >= 11 is 0. The van der Waals surface area contributed by atoms with Crippen LogP contribution in [0, 0.1) is 0 Å². The minimum Gasteiger partial charge on any atom is -0.259 e. The van der Waals surface area contributed by atoms with Crippen LogP contribution in [0.4, 0.5) is 5.69 Å². The van der Waals surface area contributed by atoms with Crippen molar-refractivity contribution >= 4 is 29.0 Å². The third-order valence-corrected chi connectivity index (χ3v) is 2.05. The van der Waals surface area contributed by atoms with E-state index in [2.05, 4.69) is 21.5 Å². The zero-order valence-corrected chi connectivity index (χ0v) is 8.51. The molecule has 0 aliphatic heterocycles. The van der Waals surface area contributed by atoms with E-state index in [1.54, 1.807) is 18.5 Å². The van der Waals surface area contributed by atoms with E-state index >= 15 is 0 Å². The number of fused-ring (bicyclic) bond motifs is 1. The van der Waals surface area contributed by atoms with Gasteiger partial charge in [0.05, 0.1) is 22.4 Å². The molecule has 3 nitrogen and oxygen atoms in total. The molecule has 0 N–H and O–H groups in total. The molecule has 74 valence electrons. The normalized spacial score (nSPS) is 11.0. The summed E-state index contributed by atoms with van der Waals surface area (Å²) in [6.45, 7) is 5.59. The van der Waals surface area contributed by atoms with Gasteiger partial charge in [0.1, 0.15) is 0 Å². The minimum atomic E-state index is 0.786. The first-order valence-corrected chi connectivity index (χ1v) is 4.72. The van der Waals surface area contributed by atoms with Crippen LogP contribution < -0.4 is 0 Å². The fourth-order valence-electron chi connectivity index (χ4n) is 1.40. The van der Waals surface area contributed by atoms with Crippen molar-refractivity contribution in [3.8, 4) is 0 Å². The van der Waals surface area contributed by atoms with Crippen molar-refractivity contribution in [2.24, 2.45) is 4.99 Å². The van der Waals surface area contributed by atoms with Gasteiger partial charge in [-0.1, -0.05) is 6.58 Å². The molecule has 0 amide bonds. The lowest BCUT2D eigenvalue weighted by Gasteiger charge is -2.02. The Morgan fingerprint density at radius 2 is 2.27 bits per heavy atom. The summed E-state index contributed by atoms with van der Waals surface area (Å²) in [6.07, 6.45) is 5.19. The van der Waals surface area contributed by atoms with Gasteiger partial charge in [-0.3, -0.25) is 9.98 Å². The molecule has 2 aromatic rings. The third-order valence-electron chi connectivity index (χ3n) is 2.05. The van der Waals surface area contributed by atoms with E-state index in [0.29, 0.717) is 0 Å². The molecule has 2 rings (SSSR count). The van der Waals surface area contributed by atoms with E-state index in [1.165, 1.54) is 0 Å². The standard InChI is InChI=1S/C12H11N3/c1-3-9-11(13-4-2)8-12-10(15-9)6-5-7-14-12/h3-8H,1H2,2H3. The maximum Gasteiger partial charge on any atom is 0.0908 e. The van der Waals surface area contributed by atoms with Gasteiger partial charge in [0, 0.05) is 12.4 Å². The Kier molecular flexibility index (Phi) is 2.54. The molecular weight excluding hydrogens is 186 g/mol. The third kappa shape index (κ3) is 1.76. The van der Waals surface area contributed by atoms with E-state index in [-0.39, 0.29) is 0 Å². The molecule has 15 heavy (non-hydrogen) atoms. The summed E-state index contributed by atoms with van der Waals surface area (Å²) in [6, 6.07) is 5.71. The van der Waals surface area contributed by atoms with Crippen LogP contribution in [0.15, 0.2) is 36.0 Å². The van der Waals surface area contributed by atoms with Crippen molar-refractivity contribution in [2.75, 3.05) is 0 Å². The highest BCUT2D eigenvalue weighted by Crippen LogP contribution is 2.22. The number of pyridine rings is 2. The first kappa shape index (κ1) is 9.52. The molecule has 0 bridgehead atoms. The topological polar surface area (TPSA) is 38.1 Å². The number of nitrogens with zero attached hydrogens (tertiary/aromatic N) is 3. The lowest BCUT2D eigenvalue weighted by Crippen LogP contribution is -1.86. The van der Waals surface area contributed by atoms with Gasteiger partial charge >= 0.3 is 0 Å². The molecule has 0 unspecified atom stereocenters. The monoisotopic (exact) mass is 197 g/mol. The van der Waals surface area contributed by atoms with Crippen LogP contribution in [-0.4, -0.2) is 16.2 Å². The fraction of sp³-hybridized carbons (Fsp3) is 0.0833. The van der Waals surface area contributed by atoms with Gasteiger partial charge in [-0.15, -0.1) is 0 Å². The molecule has 0 saturated carbocycles. The molecule has 0 radical (unpaired) electrons. The highest BCUT2D eigenvalue weighted by atomic mass is 14.8. The van der Waals surface area contributed by atoms with Crippen molar-refractivity contribution < 1.29 is 0 Å². The Morgan fingerprint density at radius 1 is 1.40 bits per heavy atom. The molecule has 0 aliphatic rings. The molecular formula is C12H11N3. The zero-order valence-electron chi connectivity index (χ0n) is 8.51. The van der Waals surface area contributed by atoms with Crippen LogP contribution in [0.2, 0.25) is 0 Å². The van der Waals surface area contributed by atoms with E-state index in [1.807, 2.05) is 25.1 Å². The van der Waals surface area contributed by atoms with Gasteiger partial charge in [0.25, 0.3) is 0 Å². The van der Waals surface area contributed by atoms with Gasteiger partial charge in [-0.05, 0) is 31.2 Å². The smallest absolute Gasteiger partial charge is 0.0908 e. The van der Waals surface area contributed by atoms with Crippen molar-refractivity contribution in [2.45, 2.75) is 6.92 Å². The molecule has 2 heterocycles. The molecule has 0 fully saturated rings. The van der Waals surface area contributed by atoms with Crippen LogP contribution in [0.3, 0.4) is 0 Å². The molecule has 3 heteroatoms. The second-order valence-electron chi connectivity index (χ2n) is 3.03. The number of aliphatic imine (C=N–C) groups is 1. The molecule has 0 saturated heterocycles. The molecule has 0 aromatic carbocycles. The fourth-order valence-corrected chi connectivity index (χ4v) is 1.40. The molecule has 0 atom stereocenters. The van der Waals surface area contributed by atoms with Gasteiger partial charge < -0.3 is 0 Å². The first-order chi connectivity index (χ1) is 7.35. The Labute approximate surface area is 88.2 Å². The van der Waals surface area contributed by atoms with Gasteiger partial charge in [-0.2, -0.15) is 0 Å². The highest BCUT2D eigenvalue weighted by molar-refractivity contribution is 5.81. The average molecular weight is 197 g/mol. The largest absolute Gasteiger partial charge is 0.259 e.